The lowest BCUT2D eigenvalue weighted by Crippen LogP contribution is -2.05. The topological polar surface area (TPSA) is 91.6 Å². The first-order chi connectivity index (χ1) is 9.10. The Hall–Kier alpha value is -2.48. The van der Waals surface area contributed by atoms with Crippen LogP contribution >= 0.6 is 11.3 Å². The maximum absolute atomic E-state index is 10.9. The Kier molecular flexibility index (Phi) is 3.71. The standard InChI is InChI=1S/C11H8N2O5S/c1-17-11(14)18-9-6-12-10(19-9)7-2-4-8(5-3-7)13(15)16/h2-6H,1H3. The van der Waals surface area contributed by atoms with Crippen LogP contribution in [0.15, 0.2) is 30.5 Å². The first kappa shape index (κ1) is 13.0. The van der Waals surface area contributed by atoms with Crippen LogP contribution in [0.25, 0.3) is 10.6 Å². The Morgan fingerprint density at radius 3 is 2.63 bits per heavy atom. The van der Waals surface area contributed by atoms with Gasteiger partial charge in [0.25, 0.3) is 5.69 Å². The molecule has 2 aromatic rings. The summed E-state index contributed by atoms with van der Waals surface area (Å²) in [4.78, 5) is 25.0. The molecule has 0 radical (unpaired) electrons. The molecule has 1 aromatic heterocycles. The molecule has 19 heavy (non-hydrogen) atoms. The highest BCUT2D eigenvalue weighted by Crippen LogP contribution is 2.31. The van der Waals surface area contributed by atoms with E-state index in [9.17, 15) is 14.9 Å². The van der Waals surface area contributed by atoms with Crippen LogP contribution in [0.2, 0.25) is 0 Å². The zero-order chi connectivity index (χ0) is 13.8. The van der Waals surface area contributed by atoms with Crippen LogP contribution in [0.1, 0.15) is 0 Å². The molecule has 0 aliphatic rings. The maximum atomic E-state index is 10.9. The molecule has 8 heteroatoms. The highest BCUT2D eigenvalue weighted by Gasteiger charge is 2.11. The van der Waals surface area contributed by atoms with Crippen LogP contribution in [0.5, 0.6) is 5.06 Å². The van der Waals surface area contributed by atoms with Crippen LogP contribution in [0.4, 0.5) is 10.5 Å². The number of nitro benzene ring substituents is 1. The summed E-state index contributed by atoms with van der Waals surface area (Å²) in [6, 6.07) is 5.94. The number of nitrogens with zero attached hydrogens (tertiary/aromatic N) is 2. The van der Waals surface area contributed by atoms with Crippen molar-refractivity contribution in [3.05, 3.63) is 40.6 Å². The Labute approximate surface area is 111 Å². The third-order valence-electron chi connectivity index (χ3n) is 2.16. The number of aromatic nitrogens is 1. The van der Waals surface area contributed by atoms with Crippen molar-refractivity contribution in [3.63, 3.8) is 0 Å². The number of hydrogen-bond acceptors (Lipinski definition) is 7. The summed E-state index contributed by atoms with van der Waals surface area (Å²) in [5.41, 5.74) is 0.710. The van der Waals surface area contributed by atoms with E-state index in [2.05, 4.69) is 9.72 Å². The molecule has 98 valence electrons. The van der Waals surface area contributed by atoms with Gasteiger partial charge in [0.1, 0.15) is 5.01 Å². The quantitative estimate of drug-likeness (QED) is 0.487. The van der Waals surface area contributed by atoms with Gasteiger partial charge in [-0.05, 0) is 12.1 Å². The summed E-state index contributed by atoms with van der Waals surface area (Å²) in [6.07, 6.45) is 0.567. The molecule has 0 fully saturated rings. The second-order valence-electron chi connectivity index (χ2n) is 3.34. The average molecular weight is 280 g/mol. The molecule has 0 amide bonds. The van der Waals surface area contributed by atoms with Gasteiger partial charge in [0.05, 0.1) is 18.2 Å². The molecule has 7 nitrogen and oxygen atoms in total. The van der Waals surface area contributed by atoms with Crippen LogP contribution in [0.3, 0.4) is 0 Å². The van der Waals surface area contributed by atoms with E-state index in [4.69, 9.17) is 4.74 Å². The van der Waals surface area contributed by atoms with Gasteiger partial charge in [-0.2, -0.15) is 0 Å². The Morgan fingerprint density at radius 1 is 1.37 bits per heavy atom. The zero-order valence-corrected chi connectivity index (χ0v) is 10.5. The first-order valence-electron chi connectivity index (χ1n) is 5.06. The van der Waals surface area contributed by atoms with E-state index in [1.165, 1.54) is 25.4 Å². The zero-order valence-electron chi connectivity index (χ0n) is 9.73. The monoisotopic (exact) mass is 280 g/mol. The number of non-ortho nitro benzene ring substituents is 1. The third kappa shape index (κ3) is 3.05. The minimum absolute atomic E-state index is 0.00587. The van der Waals surface area contributed by atoms with Crippen LogP contribution < -0.4 is 4.74 Å². The molecule has 1 heterocycles. The average Bonchev–Trinajstić information content (AvgIpc) is 2.87. The van der Waals surface area contributed by atoms with E-state index in [0.717, 1.165) is 11.3 Å². The van der Waals surface area contributed by atoms with Gasteiger partial charge in [-0.3, -0.25) is 10.1 Å². The number of ether oxygens (including phenoxy) is 2. The first-order valence-corrected chi connectivity index (χ1v) is 5.88. The molecule has 0 saturated carbocycles. The fourth-order valence-electron chi connectivity index (χ4n) is 1.29. The minimum Gasteiger partial charge on any atom is -0.437 e. The molecule has 1 aromatic carbocycles. The van der Waals surface area contributed by atoms with Gasteiger partial charge in [0.2, 0.25) is 5.06 Å². The summed E-state index contributed by atoms with van der Waals surface area (Å²) < 4.78 is 9.17. The van der Waals surface area contributed by atoms with Gasteiger partial charge in [-0.25, -0.2) is 9.78 Å². The van der Waals surface area contributed by atoms with Gasteiger partial charge in [-0.15, -0.1) is 0 Å². The molecular formula is C11H8N2O5S. The van der Waals surface area contributed by atoms with E-state index in [-0.39, 0.29) is 5.69 Å². The normalized spacial score (nSPS) is 9.95. The number of benzene rings is 1. The largest absolute Gasteiger partial charge is 0.514 e. The molecule has 0 saturated heterocycles. The highest BCUT2D eigenvalue weighted by atomic mass is 32.1. The summed E-state index contributed by atoms with van der Waals surface area (Å²) in [5, 5.41) is 11.4. The second-order valence-corrected chi connectivity index (χ2v) is 4.34. The summed E-state index contributed by atoms with van der Waals surface area (Å²) in [5.74, 6) is 0. The number of methoxy groups -OCH3 is 1. The van der Waals surface area contributed by atoms with Gasteiger partial charge >= 0.3 is 6.16 Å². The molecule has 0 aliphatic carbocycles. The van der Waals surface area contributed by atoms with E-state index in [0.29, 0.717) is 15.6 Å². The predicted octanol–water partition coefficient (Wildman–Crippen LogP) is 2.86. The van der Waals surface area contributed by atoms with Gasteiger partial charge in [-0.1, -0.05) is 11.3 Å². The minimum atomic E-state index is -0.820. The summed E-state index contributed by atoms with van der Waals surface area (Å²) in [6.45, 7) is 0. The molecular weight excluding hydrogens is 272 g/mol. The molecule has 0 bridgehead atoms. The van der Waals surface area contributed by atoms with E-state index in [1.807, 2.05) is 0 Å². The van der Waals surface area contributed by atoms with Crippen molar-refractivity contribution in [1.29, 1.82) is 0 Å². The number of carbonyl (C=O) groups is 1. The second kappa shape index (κ2) is 5.44. The van der Waals surface area contributed by atoms with Crippen LogP contribution in [-0.4, -0.2) is 23.2 Å². The summed E-state index contributed by atoms with van der Waals surface area (Å²) >= 11 is 1.14. The smallest absolute Gasteiger partial charge is 0.437 e. The molecule has 2 rings (SSSR count). The van der Waals surface area contributed by atoms with Gasteiger partial charge in [0, 0.05) is 17.7 Å². The van der Waals surface area contributed by atoms with Crippen molar-refractivity contribution in [2.75, 3.05) is 7.11 Å². The van der Waals surface area contributed by atoms with Crippen molar-refractivity contribution in [3.8, 4) is 15.6 Å². The van der Waals surface area contributed by atoms with Crippen LogP contribution in [0, 0.1) is 10.1 Å². The molecule has 0 spiro atoms. The maximum Gasteiger partial charge on any atom is 0.514 e. The summed E-state index contributed by atoms with van der Waals surface area (Å²) in [7, 11) is 1.21. The Bertz CT molecular complexity index is 608. The lowest BCUT2D eigenvalue weighted by molar-refractivity contribution is -0.384. The van der Waals surface area contributed by atoms with Crippen molar-refractivity contribution in [1.82, 2.24) is 4.98 Å². The van der Waals surface area contributed by atoms with Crippen molar-refractivity contribution in [2.45, 2.75) is 0 Å². The predicted molar refractivity (Wildman–Crippen MR) is 67.2 cm³/mol. The SMILES string of the molecule is COC(=O)Oc1cnc(-c2ccc([N+](=O)[O-])cc2)s1. The Morgan fingerprint density at radius 2 is 2.05 bits per heavy atom. The van der Waals surface area contributed by atoms with E-state index >= 15 is 0 Å². The van der Waals surface area contributed by atoms with E-state index in [1.54, 1.807) is 12.1 Å². The highest BCUT2D eigenvalue weighted by molar-refractivity contribution is 7.16. The molecule has 0 N–H and O–H groups in total. The fourth-order valence-corrected chi connectivity index (χ4v) is 2.05. The number of rotatable bonds is 3. The lowest BCUT2D eigenvalue weighted by Gasteiger charge is -1.97. The molecule has 0 atom stereocenters. The van der Waals surface area contributed by atoms with E-state index < -0.39 is 11.1 Å². The number of thiazole rings is 1. The van der Waals surface area contributed by atoms with Crippen molar-refractivity contribution >= 4 is 23.2 Å². The number of carbonyl (C=O) groups excluding carboxylic acids is 1. The Balaban J connectivity index is 2.18. The van der Waals surface area contributed by atoms with Gasteiger partial charge in [0.15, 0.2) is 0 Å². The lowest BCUT2D eigenvalue weighted by atomic mass is 10.2. The third-order valence-corrected chi connectivity index (χ3v) is 3.08. The number of nitro groups is 1. The van der Waals surface area contributed by atoms with Gasteiger partial charge < -0.3 is 9.47 Å². The van der Waals surface area contributed by atoms with Crippen molar-refractivity contribution < 1.29 is 19.2 Å². The molecule has 0 aliphatic heterocycles. The van der Waals surface area contributed by atoms with Crippen molar-refractivity contribution in [2.24, 2.45) is 0 Å². The number of hydrogen-bond donors (Lipinski definition) is 0. The van der Waals surface area contributed by atoms with Crippen LogP contribution in [-0.2, 0) is 4.74 Å². The fraction of sp³-hybridized carbons (Fsp3) is 0.0909. The molecule has 0 unspecified atom stereocenters.